The molecule has 0 aliphatic heterocycles. The molecule has 2 aliphatic carbocycles. The monoisotopic (exact) mass is 164 g/mol. The molecule has 0 aromatic heterocycles. The van der Waals surface area contributed by atoms with Crippen molar-refractivity contribution in [3.8, 4) is 11.8 Å². The molecule has 0 heterocycles. The Morgan fingerprint density at radius 3 is 1.75 bits per heavy atom. The Balaban J connectivity index is 0.000000336. The van der Waals surface area contributed by atoms with Crippen molar-refractivity contribution in [1.29, 1.82) is 0 Å². The van der Waals surface area contributed by atoms with E-state index in [4.69, 9.17) is 0 Å². The minimum absolute atomic E-state index is 1.02. The molecule has 12 heavy (non-hydrogen) atoms. The molecule has 2 aliphatic rings. The lowest BCUT2D eigenvalue weighted by atomic mass is 10.1. The van der Waals surface area contributed by atoms with Crippen molar-refractivity contribution < 1.29 is 0 Å². The first-order valence-electron chi connectivity index (χ1n) is 5.35. The first-order valence-corrected chi connectivity index (χ1v) is 5.35. The smallest absolute Gasteiger partial charge is 0.00915 e. The van der Waals surface area contributed by atoms with E-state index >= 15 is 0 Å². The highest BCUT2D eigenvalue weighted by Gasteiger charge is 2.44. The fourth-order valence-electron chi connectivity index (χ4n) is 2.25. The molecule has 0 aromatic rings. The minimum Gasteiger partial charge on any atom is -0.103 e. The van der Waals surface area contributed by atoms with Crippen LogP contribution in [0, 0.1) is 29.6 Å². The average molecular weight is 164 g/mol. The lowest BCUT2D eigenvalue weighted by Gasteiger charge is -1.96. The van der Waals surface area contributed by atoms with Crippen LogP contribution in [0.1, 0.15) is 46.5 Å². The molecular formula is C12H20. The topological polar surface area (TPSA) is 0 Å². The second-order valence-electron chi connectivity index (χ2n) is 3.62. The zero-order valence-electron chi connectivity index (χ0n) is 8.56. The van der Waals surface area contributed by atoms with E-state index in [1.54, 1.807) is 0 Å². The lowest BCUT2D eigenvalue weighted by Crippen LogP contribution is -1.85. The minimum atomic E-state index is 1.02. The van der Waals surface area contributed by atoms with Gasteiger partial charge in [0.1, 0.15) is 0 Å². The molecule has 0 bridgehead atoms. The van der Waals surface area contributed by atoms with Crippen molar-refractivity contribution in [3.05, 3.63) is 0 Å². The van der Waals surface area contributed by atoms with E-state index in [9.17, 15) is 0 Å². The second kappa shape index (κ2) is 4.55. The van der Waals surface area contributed by atoms with Crippen LogP contribution in [0.25, 0.3) is 0 Å². The number of fused-ring (bicyclic) bond motifs is 1. The third kappa shape index (κ3) is 2.03. The van der Waals surface area contributed by atoms with Crippen LogP contribution < -0.4 is 0 Å². The van der Waals surface area contributed by atoms with Crippen molar-refractivity contribution >= 4 is 0 Å². The highest BCUT2D eigenvalue weighted by Crippen LogP contribution is 2.51. The standard InChI is InChI=1S/C10H14.C2H6/c1-8-9-6-4-2-3-5-7-10(8)9;1-2/h8-10H,4-7H2,1H3;1-2H3/t8?,9-,10+;. The largest absolute Gasteiger partial charge is 0.103 e. The molecule has 0 amide bonds. The van der Waals surface area contributed by atoms with Gasteiger partial charge >= 0.3 is 0 Å². The summed E-state index contributed by atoms with van der Waals surface area (Å²) in [5, 5.41) is 0. The molecule has 1 unspecified atom stereocenters. The van der Waals surface area contributed by atoms with Gasteiger partial charge in [-0.2, -0.15) is 0 Å². The van der Waals surface area contributed by atoms with Crippen LogP contribution in [0.3, 0.4) is 0 Å². The van der Waals surface area contributed by atoms with Gasteiger partial charge in [-0.25, -0.2) is 0 Å². The summed E-state index contributed by atoms with van der Waals surface area (Å²) in [6, 6.07) is 0. The molecule has 0 heteroatoms. The number of rotatable bonds is 0. The van der Waals surface area contributed by atoms with Gasteiger partial charge in [0.25, 0.3) is 0 Å². The molecule has 1 saturated carbocycles. The summed E-state index contributed by atoms with van der Waals surface area (Å²) < 4.78 is 0. The summed E-state index contributed by atoms with van der Waals surface area (Å²) in [4.78, 5) is 0. The van der Waals surface area contributed by atoms with Gasteiger partial charge in [-0.1, -0.05) is 20.8 Å². The zero-order valence-corrected chi connectivity index (χ0v) is 8.56. The summed E-state index contributed by atoms with van der Waals surface area (Å²) >= 11 is 0. The third-order valence-electron chi connectivity index (χ3n) is 3.09. The normalized spacial score (nSPS) is 37.1. The fourth-order valence-corrected chi connectivity index (χ4v) is 2.25. The van der Waals surface area contributed by atoms with Crippen LogP contribution >= 0.6 is 0 Å². The SMILES string of the molecule is CC.CC1[C@H]2CCC#CCC[C@@H]12. The van der Waals surface area contributed by atoms with E-state index in [-0.39, 0.29) is 0 Å². The average Bonchev–Trinajstić information content (AvgIpc) is 2.62. The molecule has 0 spiro atoms. The maximum atomic E-state index is 3.21. The molecule has 1 fully saturated rings. The number of hydrogen-bond acceptors (Lipinski definition) is 0. The highest BCUT2D eigenvalue weighted by atomic mass is 14.5. The maximum Gasteiger partial charge on any atom is 0.00915 e. The van der Waals surface area contributed by atoms with Crippen LogP contribution in [-0.2, 0) is 0 Å². The Labute approximate surface area is 76.7 Å². The molecule has 0 radical (unpaired) electrons. The Kier molecular flexibility index (Phi) is 3.66. The van der Waals surface area contributed by atoms with Crippen molar-refractivity contribution in [3.63, 3.8) is 0 Å². The van der Waals surface area contributed by atoms with Crippen LogP contribution in [0.5, 0.6) is 0 Å². The predicted octanol–water partition coefficient (Wildman–Crippen LogP) is 3.47. The predicted molar refractivity (Wildman–Crippen MR) is 53.7 cm³/mol. The molecule has 0 aromatic carbocycles. The van der Waals surface area contributed by atoms with E-state index in [2.05, 4.69) is 18.8 Å². The Bertz CT molecular complexity index is 164. The van der Waals surface area contributed by atoms with Crippen LogP contribution in [0.15, 0.2) is 0 Å². The van der Waals surface area contributed by atoms with Crippen molar-refractivity contribution in [2.75, 3.05) is 0 Å². The van der Waals surface area contributed by atoms with Crippen molar-refractivity contribution in [1.82, 2.24) is 0 Å². The van der Waals surface area contributed by atoms with Crippen LogP contribution in [0.4, 0.5) is 0 Å². The molecule has 68 valence electrons. The summed E-state index contributed by atoms with van der Waals surface area (Å²) in [6.07, 6.45) is 5.06. The highest BCUT2D eigenvalue weighted by molar-refractivity contribution is 5.06. The first kappa shape index (κ1) is 9.65. The van der Waals surface area contributed by atoms with Gasteiger partial charge in [-0.05, 0) is 30.6 Å². The summed E-state index contributed by atoms with van der Waals surface area (Å²) in [5.74, 6) is 9.55. The zero-order chi connectivity index (χ0) is 8.97. The fraction of sp³-hybridized carbons (Fsp3) is 0.833. The molecule has 0 nitrogen and oxygen atoms in total. The van der Waals surface area contributed by atoms with E-state index < -0.39 is 0 Å². The van der Waals surface area contributed by atoms with Gasteiger partial charge in [-0.15, -0.1) is 11.8 Å². The molecule has 0 N–H and O–H groups in total. The Morgan fingerprint density at radius 1 is 0.917 bits per heavy atom. The van der Waals surface area contributed by atoms with Gasteiger partial charge in [-0.3, -0.25) is 0 Å². The Morgan fingerprint density at radius 2 is 1.33 bits per heavy atom. The number of hydrogen-bond donors (Lipinski definition) is 0. The van der Waals surface area contributed by atoms with E-state index in [0.717, 1.165) is 30.6 Å². The quantitative estimate of drug-likeness (QED) is 0.481. The van der Waals surface area contributed by atoms with Gasteiger partial charge in [0.05, 0.1) is 0 Å². The molecule has 2 rings (SSSR count). The summed E-state index contributed by atoms with van der Waals surface area (Å²) in [5.41, 5.74) is 0. The lowest BCUT2D eigenvalue weighted by molar-refractivity contribution is 0.618. The van der Waals surface area contributed by atoms with Crippen LogP contribution in [-0.4, -0.2) is 0 Å². The van der Waals surface area contributed by atoms with Crippen molar-refractivity contribution in [2.24, 2.45) is 17.8 Å². The third-order valence-corrected chi connectivity index (χ3v) is 3.09. The van der Waals surface area contributed by atoms with Gasteiger partial charge < -0.3 is 0 Å². The molecule has 3 atom stereocenters. The Hall–Kier alpha value is -0.440. The van der Waals surface area contributed by atoms with Crippen molar-refractivity contribution in [2.45, 2.75) is 46.5 Å². The van der Waals surface area contributed by atoms with Gasteiger partial charge in [0.2, 0.25) is 0 Å². The van der Waals surface area contributed by atoms with Gasteiger partial charge in [0, 0.05) is 12.8 Å². The van der Waals surface area contributed by atoms with Gasteiger partial charge in [0.15, 0.2) is 0 Å². The summed E-state index contributed by atoms with van der Waals surface area (Å²) in [7, 11) is 0. The van der Waals surface area contributed by atoms with E-state index in [0.29, 0.717) is 0 Å². The molecular weight excluding hydrogens is 144 g/mol. The molecule has 0 saturated heterocycles. The summed E-state index contributed by atoms with van der Waals surface area (Å²) in [6.45, 7) is 6.39. The second-order valence-corrected chi connectivity index (χ2v) is 3.62. The van der Waals surface area contributed by atoms with E-state index in [1.807, 2.05) is 13.8 Å². The van der Waals surface area contributed by atoms with Crippen LogP contribution in [0.2, 0.25) is 0 Å². The first-order chi connectivity index (χ1) is 5.89. The maximum absolute atomic E-state index is 3.21. The van der Waals surface area contributed by atoms with E-state index in [1.165, 1.54) is 12.8 Å².